The van der Waals surface area contributed by atoms with Gasteiger partial charge in [0.05, 0.1) is 17.6 Å². The van der Waals surface area contributed by atoms with Crippen LogP contribution in [0.25, 0.3) is 0 Å². The zero-order valence-electron chi connectivity index (χ0n) is 14.2. The molecule has 134 valence electrons. The van der Waals surface area contributed by atoms with E-state index >= 15 is 0 Å². The largest absolute Gasteiger partial charge is 0.324 e. The van der Waals surface area contributed by atoms with Gasteiger partial charge in [-0.2, -0.15) is 0 Å². The molecule has 0 bridgehead atoms. The molecular formula is C19H19BrN4O2. The number of fused-ring (bicyclic) bond motifs is 1. The number of pyridine rings is 1. The Hall–Kier alpha value is -2.25. The Morgan fingerprint density at radius 2 is 2.19 bits per heavy atom. The summed E-state index contributed by atoms with van der Waals surface area (Å²) in [7, 11) is 0. The molecule has 26 heavy (non-hydrogen) atoms. The maximum Gasteiger partial charge on any atom is 0.239 e. The maximum absolute atomic E-state index is 12.7. The average molecular weight is 415 g/mol. The number of para-hydroxylation sites is 1. The number of anilines is 2. The second kappa shape index (κ2) is 7.17. The Morgan fingerprint density at radius 1 is 1.35 bits per heavy atom. The molecular weight excluding hydrogens is 396 g/mol. The van der Waals surface area contributed by atoms with Gasteiger partial charge in [0.25, 0.3) is 0 Å². The molecule has 1 saturated heterocycles. The topological polar surface area (TPSA) is 74.3 Å². The Bertz CT molecular complexity index is 870. The number of amides is 2. The van der Waals surface area contributed by atoms with Crippen LogP contribution in [0, 0.1) is 5.92 Å². The summed E-state index contributed by atoms with van der Waals surface area (Å²) < 4.78 is 0.848. The minimum absolute atomic E-state index is 0.165. The number of halogens is 1. The lowest BCUT2D eigenvalue weighted by atomic mass is 10.1. The maximum atomic E-state index is 12.7. The number of hydrogen-bond acceptors (Lipinski definition) is 4. The number of rotatable bonds is 3. The predicted octanol–water partition coefficient (Wildman–Crippen LogP) is 2.48. The van der Waals surface area contributed by atoms with Crippen molar-refractivity contribution < 1.29 is 9.59 Å². The number of aromatic nitrogens is 1. The van der Waals surface area contributed by atoms with E-state index < -0.39 is 5.92 Å². The van der Waals surface area contributed by atoms with Gasteiger partial charge in [-0.25, -0.2) is 0 Å². The predicted molar refractivity (Wildman–Crippen MR) is 103 cm³/mol. The number of hydrogen-bond donors (Lipinski definition) is 2. The fraction of sp³-hybridized carbons (Fsp3) is 0.316. The summed E-state index contributed by atoms with van der Waals surface area (Å²) in [5, 5.41) is 6.16. The van der Waals surface area contributed by atoms with E-state index in [0.29, 0.717) is 18.7 Å². The van der Waals surface area contributed by atoms with E-state index in [1.54, 1.807) is 11.1 Å². The zero-order valence-corrected chi connectivity index (χ0v) is 15.8. The highest BCUT2D eigenvalue weighted by atomic mass is 79.9. The third-order valence-corrected chi connectivity index (χ3v) is 5.52. The average Bonchev–Trinajstić information content (AvgIpc) is 3.03. The number of benzene rings is 1. The van der Waals surface area contributed by atoms with Crippen LogP contribution in [0.1, 0.15) is 17.7 Å². The van der Waals surface area contributed by atoms with Gasteiger partial charge >= 0.3 is 0 Å². The van der Waals surface area contributed by atoms with Crippen LogP contribution >= 0.6 is 15.9 Å². The first-order valence-electron chi connectivity index (χ1n) is 8.69. The lowest BCUT2D eigenvalue weighted by Crippen LogP contribution is -2.33. The van der Waals surface area contributed by atoms with E-state index in [0.717, 1.165) is 40.9 Å². The molecule has 2 aliphatic rings. The van der Waals surface area contributed by atoms with Crippen molar-refractivity contribution >= 4 is 39.1 Å². The number of carbonyl (C=O) groups is 2. The first kappa shape index (κ1) is 17.2. The van der Waals surface area contributed by atoms with E-state index in [1.165, 1.54) is 0 Å². The molecule has 1 fully saturated rings. The van der Waals surface area contributed by atoms with Gasteiger partial charge in [0.1, 0.15) is 5.92 Å². The van der Waals surface area contributed by atoms with Crippen LogP contribution in [-0.4, -0.2) is 29.9 Å². The highest BCUT2D eigenvalue weighted by Crippen LogP contribution is 2.31. The molecule has 1 aromatic carbocycles. The molecule has 1 unspecified atom stereocenters. The minimum atomic E-state index is -0.670. The van der Waals surface area contributed by atoms with Crippen LogP contribution in [0.15, 0.2) is 41.0 Å². The van der Waals surface area contributed by atoms with Crippen molar-refractivity contribution in [2.75, 3.05) is 23.3 Å². The second-order valence-corrected chi connectivity index (χ2v) is 7.38. The monoisotopic (exact) mass is 414 g/mol. The van der Waals surface area contributed by atoms with Gasteiger partial charge in [-0.15, -0.1) is 0 Å². The van der Waals surface area contributed by atoms with Crippen LogP contribution < -0.4 is 15.5 Å². The van der Waals surface area contributed by atoms with Gasteiger partial charge in [0, 0.05) is 36.2 Å². The Balaban J connectivity index is 1.47. The van der Waals surface area contributed by atoms with Crippen molar-refractivity contribution in [3.8, 4) is 0 Å². The van der Waals surface area contributed by atoms with E-state index in [-0.39, 0.29) is 11.8 Å². The Morgan fingerprint density at radius 3 is 3.04 bits per heavy atom. The lowest BCUT2D eigenvalue weighted by molar-refractivity contribution is -0.129. The first-order chi connectivity index (χ1) is 12.6. The first-order valence-corrected chi connectivity index (χ1v) is 9.48. The van der Waals surface area contributed by atoms with Crippen LogP contribution in [-0.2, 0) is 22.6 Å². The van der Waals surface area contributed by atoms with E-state index in [2.05, 4.69) is 31.5 Å². The van der Waals surface area contributed by atoms with Crippen LogP contribution in [0.5, 0.6) is 0 Å². The standard InChI is InChI=1S/C19H19BrN4O2/c20-15-3-1-2-4-17(15)24-8-6-14(19(24)26)18(25)23-13-9-12-10-21-7-5-16(12)22-11-13/h1-4,9,11,14,21H,5-8,10H2,(H,23,25). The van der Waals surface area contributed by atoms with Crippen LogP contribution in [0.2, 0.25) is 0 Å². The molecule has 2 amide bonds. The summed E-state index contributed by atoms with van der Waals surface area (Å²) in [6.07, 6.45) is 3.07. The molecule has 0 saturated carbocycles. The summed E-state index contributed by atoms with van der Waals surface area (Å²) >= 11 is 3.47. The van der Waals surface area contributed by atoms with Crippen molar-refractivity contribution in [1.29, 1.82) is 0 Å². The molecule has 3 heterocycles. The Labute approximate surface area is 160 Å². The minimum Gasteiger partial charge on any atom is -0.324 e. The summed E-state index contributed by atoms with van der Waals surface area (Å²) in [4.78, 5) is 31.5. The van der Waals surface area contributed by atoms with Gasteiger partial charge < -0.3 is 15.5 Å². The quantitative estimate of drug-likeness (QED) is 0.756. The van der Waals surface area contributed by atoms with Crippen molar-refractivity contribution in [3.63, 3.8) is 0 Å². The summed E-state index contributed by atoms with van der Waals surface area (Å²) in [6, 6.07) is 9.49. The van der Waals surface area contributed by atoms with Gasteiger partial charge in [0.2, 0.25) is 11.8 Å². The van der Waals surface area contributed by atoms with Crippen molar-refractivity contribution in [2.24, 2.45) is 5.92 Å². The molecule has 4 rings (SSSR count). The van der Waals surface area contributed by atoms with Crippen LogP contribution in [0.4, 0.5) is 11.4 Å². The smallest absolute Gasteiger partial charge is 0.239 e. The number of carbonyl (C=O) groups excluding carboxylic acids is 2. The molecule has 0 spiro atoms. The van der Waals surface area contributed by atoms with Gasteiger partial charge in [-0.05, 0) is 46.1 Å². The van der Waals surface area contributed by atoms with Crippen molar-refractivity contribution in [1.82, 2.24) is 10.3 Å². The molecule has 0 radical (unpaired) electrons. The van der Waals surface area contributed by atoms with Gasteiger partial charge in [-0.3, -0.25) is 14.6 Å². The molecule has 6 nitrogen and oxygen atoms in total. The van der Waals surface area contributed by atoms with Crippen molar-refractivity contribution in [2.45, 2.75) is 19.4 Å². The van der Waals surface area contributed by atoms with Crippen molar-refractivity contribution in [3.05, 3.63) is 52.3 Å². The SMILES string of the molecule is O=C(Nc1cnc2c(c1)CNCC2)C1CCN(c2ccccc2Br)C1=O. The molecule has 0 aliphatic carbocycles. The highest BCUT2D eigenvalue weighted by Gasteiger charge is 2.38. The molecule has 2 aliphatic heterocycles. The third kappa shape index (κ3) is 3.24. The lowest BCUT2D eigenvalue weighted by Gasteiger charge is -2.19. The number of nitrogens with zero attached hydrogens (tertiary/aromatic N) is 2. The van der Waals surface area contributed by atoms with Crippen LogP contribution in [0.3, 0.4) is 0 Å². The Kier molecular flexibility index (Phi) is 4.74. The normalized spacial score (nSPS) is 19.3. The molecule has 2 aromatic rings. The molecule has 2 N–H and O–H groups in total. The highest BCUT2D eigenvalue weighted by molar-refractivity contribution is 9.10. The summed E-state index contributed by atoms with van der Waals surface area (Å²) in [5.41, 5.74) is 3.61. The molecule has 1 aromatic heterocycles. The van der Waals surface area contributed by atoms with E-state index in [9.17, 15) is 9.59 Å². The fourth-order valence-corrected chi connectivity index (χ4v) is 3.98. The third-order valence-electron chi connectivity index (χ3n) is 4.85. The second-order valence-electron chi connectivity index (χ2n) is 6.53. The molecule has 1 atom stereocenters. The van der Waals surface area contributed by atoms with E-state index in [1.807, 2.05) is 30.3 Å². The number of nitrogens with one attached hydrogen (secondary N) is 2. The van der Waals surface area contributed by atoms with Gasteiger partial charge in [0.15, 0.2) is 0 Å². The van der Waals surface area contributed by atoms with E-state index in [4.69, 9.17) is 0 Å². The zero-order chi connectivity index (χ0) is 18.1. The summed E-state index contributed by atoms with van der Waals surface area (Å²) in [6.45, 7) is 2.21. The van der Waals surface area contributed by atoms with Gasteiger partial charge in [-0.1, -0.05) is 12.1 Å². The molecule has 7 heteroatoms. The summed E-state index contributed by atoms with van der Waals surface area (Å²) in [5.74, 6) is -1.10. The fourth-order valence-electron chi connectivity index (χ4n) is 3.48.